The van der Waals surface area contributed by atoms with Crippen LogP contribution in [0.2, 0.25) is 5.15 Å². The van der Waals surface area contributed by atoms with Crippen LogP contribution in [0.4, 0.5) is 11.8 Å². The lowest BCUT2D eigenvalue weighted by Crippen LogP contribution is -2.46. The minimum absolute atomic E-state index is 0.390. The normalized spacial score (nSPS) is 27.0. The summed E-state index contributed by atoms with van der Waals surface area (Å²) in [6.45, 7) is 5.99. The zero-order chi connectivity index (χ0) is 18.3. The molecule has 5 rings (SSSR count). The summed E-state index contributed by atoms with van der Waals surface area (Å²) in [7, 11) is 0. The van der Waals surface area contributed by atoms with Crippen molar-refractivity contribution in [1.82, 2.24) is 9.97 Å². The molecule has 1 aromatic rings. The predicted molar refractivity (Wildman–Crippen MR) is 99.2 cm³/mol. The van der Waals surface area contributed by atoms with Gasteiger partial charge in [0.25, 0.3) is 0 Å². The summed E-state index contributed by atoms with van der Waals surface area (Å²) < 4.78 is 23.2. The highest BCUT2D eigenvalue weighted by Gasteiger charge is 2.41. The van der Waals surface area contributed by atoms with Gasteiger partial charge in [-0.25, -0.2) is 4.98 Å². The molecule has 4 saturated heterocycles. The second-order valence-electron chi connectivity index (χ2n) is 7.54. The van der Waals surface area contributed by atoms with Crippen molar-refractivity contribution in [2.45, 2.75) is 37.3 Å². The van der Waals surface area contributed by atoms with Gasteiger partial charge in [-0.15, -0.1) is 0 Å². The van der Waals surface area contributed by atoms with Crippen LogP contribution in [0.25, 0.3) is 0 Å². The fourth-order valence-corrected chi connectivity index (χ4v) is 4.57. The molecule has 0 unspecified atom stereocenters. The molecule has 27 heavy (non-hydrogen) atoms. The maximum atomic E-state index is 6.33. The van der Waals surface area contributed by atoms with E-state index in [-0.39, 0.29) is 0 Å². The second kappa shape index (κ2) is 7.00. The average Bonchev–Trinajstić information content (AvgIpc) is 3.33. The number of hydrogen-bond donors (Lipinski definition) is 0. The number of ether oxygens (including phenoxy) is 4. The molecular weight excluding hydrogens is 372 g/mol. The summed E-state index contributed by atoms with van der Waals surface area (Å²) in [4.78, 5) is 13.7. The Labute approximate surface area is 163 Å². The molecule has 5 heterocycles. The molecule has 4 fully saturated rings. The van der Waals surface area contributed by atoms with Crippen LogP contribution in [-0.2, 0) is 18.9 Å². The molecule has 0 amide bonds. The van der Waals surface area contributed by atoms with Gasteiger partial charge in [-0.05, 0) is 0 Å². The fourth-order valence-electron chi connectivity index (χ4n) is 4.39. The van der Waals surface area contributed by atoms with Crippen LogP contribution in [0.5, 0.6) is 0 Å². The van der Waals surface area contributed by atoms with Crippen molar-refractivity contribution in [3.8, 4) is 0 Å². The summed E-state index contributed by atoms with van der Waals surface area (Å²) in [5.74, 6) is 0.754. The lowest BCUT2D eigenvalue weighted by Gasteiger charge is -2.39. The molecule has 148 valence electrons. The number of aromatic nitrogens is 2. The summed E-state index contributed by atoms with van der Waals surface area (Å²) in [5.41, 5.74) is 0. The van der Waals surface area contributed by atoms with Gasteiger partial charge in [0.1, 0.15) is 11.0 Å². The first-order chi connectivity index (χ1) is 13.2. The van der Waals surface area contributed by atoms with Gasteiger partial charge in [0, 0.05) is 57.9 Å². The van der Waals surface area contributed by atoms with Gasteiger partial charge in [-0.3, -0.25) is 0 Å². The first-order valence-corrected chi connectivity index (χ1v) is 10.1. The second-order valence-corrected chi connectivity index (χ2v) is 7.93. The number of halogens is 1. The Morgan fingerprint density at radius 2 is 1.22 bits per heavy atom. The van der Waals surface area contributed by atoms with E-state index in [1.807, 2.05) is 6.07 Å². The quantitative estimate of drug-likeness (QED) is 0.701. The highest BCUT2D eigenvalue weighted by molar-refractivity contribution is 6.29. The van der Waals surface area contributed by atoms with E-state index in [1.165, 1.54) is 0 Å². The maximum absolute atomic E-state index is 6.33. The zero-order valence-corrected chi connectivity index (χ0v) is 16.1. The van der Waals surface area contributed by atoms with Crippen molar-refractivity contribution in [1.29, 1.82) is 0 Å². The molecule has 8 nitrogen and oxygen atoms in total. The SMILES string of the molecule is Clc1cc(N2CCC3(CC2)OCCO3)nc(N2CCC3(CC2)OCCO3)n1. The molecule has 0 radical (unpaired) electrons. The molecule has 0 bridgehead atoms. The van der Waals surface area contributed by atoms with Crippen LogP contribution in [0.3, 0.4) is 0 Å². The first kappa shape index (κ1) is 17.9. The highest BCUT2D eigenvalue weighted by atomic mass is 35.5. The van der Waals surface area contributed by atoms with Crippen molar-refractivity contribution < 1.29 is 18.9 Å². The number of piperidine rings is 2. The van der Waals surface area contributed by atoms with Crippen LogP contribution in [0, 0.1) is 0 Å². The number of nitrogens with zero attached hydrogens (tertiary/aromatic N) is 4. The Morgan fingerprint density at radius 1 is 0.741 bits per heavy atom. The fraction of sp³-hybridized carbons (Fsp3) is 0.778. The lowest BCUT2D eigenvalue weighted by atomic mass is 10.0. The Morgan fingerprint density at radius 3 is 1.74 bits per heavy atom. The van der Waals surface area contributed by atoms with Crippen LogP contribution < -0.4 is 9.80 Å². The molecule has 9 heteroatoms. The summed E-state index contributed by atoms with van der Waals surface area (Å²) in [6.07, 6.45) is 3.31. The molecular formula is C18H25ClN4O4. The Balaban J connectivity index is 1.27. The van der Waals surface area contributed by atoms with Crippen LogP contribution in [-0.4, -0.2) is 74.1 Å². The first-order valence-electron chi connectivity index (χ1n) is 9.76. The number of anilines is 2. The van der Waals surface area contributed by atoms with Crippen molar-refractivity contribution in [3.63, 3.8) is 0 Å². The van der Waals surface area contributed by atoms with E-state index < -0.39 is 11.6 Å². The molecule has 4 aliphatic heterocycles. The van der Waals surface area contributed by atoms with Gasteiger partial charge in [-0.1, -0.05) is 11.6 Å². The van der Waals surface area contributed by atoms with E-state index in [2.05, 4.69) is 14.8 Å². The third-order valence-electron chi connectivity index (χ3n) is 5.95. The lowest BCUT2D eigenvalue weighted by molar-refractivity contribution is -0.169. The Bertz CT molecular complexity index is 620. The molecule has 1 aromatic heterocycles. The molecule has 4 aliphatic rings. The van der Waals surface area contributed by atoms with E-state index in [9.17, 15) is 0 Å². The van der Waals surface area contributed by atoms with E-state index in [0.717, 1.165) is 57.7 Å². The molecule has 0 N–H and O–H groups in total. The number of rotatable bonds is 2. The van der Waals surface area contributed by atoms with Crippen molar-refractivity contribution >= 4 is 23.4 Å². The van der Waals surface area contributed by atoms with Crippen LogP contribution in [0.15, 0.2) is 6.07 Å². The summed E-state index contributed by atoms with van der Waals surface area (Å²) in [5, 5.41) is 0.470. The van der Waals surface area contributed by atoms with Crippen molar-refractivity contribution in [2.75, 3.05) is 62.4 Å². The predicted octanol–water partition coefficient (Wildman–Crippen LogP) is 1.82. The van der Waals surface area contributed by atoms with Gasteiger partial charge < -0.3 is 28.7 Å². The van der Waals surface area contributed by atoms with E-state index in [1.54, 1.807) is 0 Å². The number of hydrogen-bond acceptors (Lipinski definition) is 8. The van der Waals surface area contributed by atoms with E-state index in [0.29, 0.717) is 37.5 Å². The topological polar surface area (TPSA) is 69.2 Å². The minimum Gasteiger partial charge on any atom is -0.356 e. The summed E-state index contributed by atoms with van der Waals surface area (Å²) in [6, 6.07) is 1.84. The molecule has 0 aromatic carbocycles. The van der Waals surface area contributed by atoms with Gasteiger partial charge in [0.2, 0.25) is 5.95 Å². The molecule has 0 atom stereocenters. The van der Waals surface area contributed by atoms with Gasteiger partial charge in [-0.2, -0.15) is 4.98 Å². The zero-order valence-electron chi connectivity index (χ0n) is 15.4. The largest absolute Gasteiger partial charge is 0.356 e. The third-order valence-corrected chi connectivity index (χ3v) is 6.15. The molecule has 2 spiro atoms. The summed E-state index contributed by atoms with van der Waals surface area (Å²) >= 11 is 6.33. The minimum atomic E-state index is -0.402. The maximum Gasteiger partial charge on any atom is 0.228 e. The van der Waals surface area contributed by atoms with Gasteiger partial charge in [0.15, 0.2) is 11.6 Å². The van der Waals surface area contributed by atoms with Gasteiger partial charge in [0.05, 0.1) is 26.4 Å². The van der Waals surface area contributed by atoms with E-state index >= 15 is 0 Å². The van der Waals surface area contributed by atoms with Crippen molar-refractivity contribution in [2.24, 2.45) is 0 Å². The third kappa shape index (κ3) is 3.49. The average molecular weight is 397 g/mol. The Hall–Kier alpha value is -1.19. The highest BCUT2D eigenvalue weighted by Crippen LogP contribution is 2.35. The van der Waals surface area contributed by atoms with Crippen LogP contribution >= 0.6 is 11.6 Å². The standard InChI is InChI=1S/C18H25ClN4O4/c19-14-13-15(22-5-1-17(2-6-22)24-9-10-25-17)21-16(20-14)23-7-3-18(4-8-23)26-11-12-27-18/h13H,1-12H2. The Kier molecular flexibility index (Phi) is 4.64. The molecule has 0 aliphatic carbocycles. The van der Waals surface area contributed by atoms with Crippen LogP contribution in [0.1, 0.15) is 25.7 Å². The van der Waals surface area contributed by atoms with Crippen molar-refractivity contribution in [3.05, 3.63) is 11.2 Å². The molecule has 0 saturated carbocycles. The van der Waals surface area contributed by atoms with Gasteiger partial charge >= 0.3 is 0 Å². The smallest absolute Gasteiger partial charge is 0.228 e. The van der Waals surface area contributed by atoms with E-state index in [4.69, 9.17) is 35.5 Å². The monoisotopic (exact) mass is 396 g/mol.